The predicted octanol–water partition coefficient (Wildman–Crippen LogP) is 3.26. The quantitative estimate of drug-likeness (QED) is 0.664. The van der Waals surface area contributed by atoms with Crippen molar-refractivity contribution in [1.29, 1.82) is 0 Å². The van der Waals surface area contributed by atoms with Gasteiger partial charge in [0.25, 0.3) is 0 Å². The maximum absolute atomic E-state index is 13.5. The fraction of sp³-hybridized carbons (Fsp3) is 0.571. The summed E-state index contributed by atoms with van der Waals surface area (Å²) >= 11 is 3.92. The van der Waals surface area contributed by atoms with E-state index in [2.05, 4.69) is 19.3 Å². The highest BCUT2D eigenvalue weighted by atomic mass is 32.2. The van der Waals surface area contributed by atoms with Crippen molar-refractivity contribution < 1.29 is 4.39 Å². The number of nitrogens with one attached hydrogen (secondary N) is 1. The Morgan fingerprint density at radius 1 is 1.37 bits per heavy atom. The number of hydrogen-bond donors (Lipinski definition) is 2. The zero-order chi connectivity index (χ0) is 14.0. The monoisotopic (exact) mass is 300 g/mol. The van der Waals surface area contributed by atoms with E-state index in [4.69, 9.17) is 5.84 Å². The third kappa shape index (κ3) is 3.45. The molecule has 1 heterocycles. The van der Waals surface area contributed by atoms with Gasteiger partial charge in [-0.15, -0.1) is 0 Å². The van der Waals surface area contributed by atoms with E-state index in [1.165, 1.54) is 6.07 Å². The van der Waals surface area contributed by atoms with Crippen molar-refractivity contribution in [2.75, 3.05) is 5.75 Å². The number of halogens is 1. The summed E-state index contributed by atoms with van der Waals surface area (Å²) in [7, 11) is 0. The molecule has 106 valence electrons. The van der Waals surface area contributed by atoms with Crippen molar-refractivity contribution in [2.24, 2.45) is 5.84 Å². The van der Waals surface area contributed by atoms with Gasteiger partial charge in [0.1, 0.15) is 5.82 Å². The molecule has 0 spiro atoms. The van der Waals surface area contributed by atoms with Crippen LogP contribution in [0.3, 0.4) is 0 Å². The molecule has 1 fully saturated rings. The van der Waals surface area contributed by atoms with Gasteiger partial charge in [0.15, 0.2) is 0 Å². The topological polar surface area (TPSA) is 38.0 Å². The highest BCUT2D eigenvalue weighted by molar-refractivity contribution is 8.07. The van der Waals surface area contributed by atoms with Gasteiger partial charge in [0, 0.05) is 21.5 Å². The van der Waals surface area contributed by atoms with Crippen molar-refractivity contribution in [3.8, 4) is 0 Å². The number of aryl methyl sites for hydroxylation is 1. The maximum Gasteiger partial charge on any atom is 0.123 e. The van der Waals surface area contributed by atoms with Crippen molar-refractivity contribution in [1.82, 2.24) is 5.43 Å². The molecule has 1 aromatic rings. The van der Waals surface area contributed by atoms with Gasteiger partial charge < -0.3 is 0 Å². The zero-order valence-corrected chi connectivity index (χ0v) is 13.2. The summed E-state index contributed by atoms with van der Waals surface area (Å²) in [5.74, 6) is 6.58. The summed E-state index contributed by atoms with van der Waals surface area (Å²) in [6.45, 7) is 6.52. The van der Waals surface area contributed by atoms with Crippen LogP contribution in [0.1, 0.15) is 31.0 Å². The van der Waals surface area contributed by atoms with Gasteiger partial charge in [-0.25, -0.2) is 4.39 Å². The molecule has 1 saturated heterocycles. The highest BCUT2D eigenvalue weighted by Gasteiger charge is 2.32. The molecule has 4 atom stereocenters. The number of rotatable bonds is 3. The first-order valence-corrected chi connectivity index (χ1v) is 8.51. The number of thioether (sulfide) groups is 2. The van der Waals surface area contributed by atoms with Crippen molar-refractivity contribution >= 4 is 23.5 Å². The van der Waals surface area contributed by atoms with Crippen LogP contribution in [0, 0.1) is 12.7 Å². The Hall–Kier alpha value is -0.230. The smallest absolute Gasteiger partial charge is 0.123 e. The second-order valence-electron chi connectivity index (χ2n) is 5.06. The number of hydrazine groups is 1. The van der Waals surface area contributed by atoms with Gasteiger partial charge in [-0.3, -0.25) is 11.3 Å². The minimum atomic E-state index is -0.198. The fourth-order valence-corrected chi connectivity index (χ4v) is 5.42. The van der Waals surface area contributed by atoms with Crippen LogP contribution in [0.15, 0.2) is 18.2 Å². The van der Waals surface area contributed by atoms with E-state index >= 15 is 0 Å². The van der Waals surface area contributed by atoms with Crippen LogP contribution < -0.4 is 11.3 Å². The number of benzene rings is 1. The first-order valence-electron chi connectivity index (χ1n) is 6.52. The maximum atomic E-state index is 13.5. The number of nitrogens with two attached hydrogens (primary N) is 1. The molecule has 3 N–H and O–H groups in total. The minimum absolute atomic E-state index is 0.00292. The Morgan fingerprint density at radius 3 is 2.74 bits per heavy atom. The Balaban J connectivity index is 2.22. The average molecular weight is 300 g/mol. The summed E-state index contributed by atoms with van der Waals surface area (Å²) in [5, 5.41) is 1.63. The minimum Gasteiger partial charge on any atom is -0.271 e. The first-order chi connectivity index (χ1) is 9.02. The largest absolute Gasteiger partial charge is 0.271 e. The second-order valence-corrected chi connectivity index (χ2v) is 8.09. The molecule has 19 heavy (non-hydrogen) atoms. The zero-order valence-electron chi connectivity index (χ0n) is 11.5. The lowest BCUT2D eigenvalue weighted by molar-refractivity contribution is 0.540. The highest BCUT2D eigenvalue weighted by Crippen LogP contribution is 2.41. The van der Waals surface area contributed by atoms with Gasteiger partial charge in [0.05, 0.1) is 6.04 Å². The van der Waals surface area contributed by atoms with E-state index in [1.54, 1.807) is 6.07 Å². The van der Waals surface area contributed by atoms with Crippen LogP contribution in [0.5, 0.6) is 0 Å². The molecule has 4 unspecified atom stereocenters. The van der Waals surface area contributed by atoms with Crippen LogP contribution >= 0.6 is 23.5 Å². The summed E-state index contributed by atoms with van der Waals surface area (Å²) in [4.78, 5) is 0. The summed E-state index contributed by atoms with van der Waals surface area (Å²) in [6.07, 6.45) is 0. The van der Waals surface area contributed by atoms with Crippen LogP contribution in [-0.4, -0.2) is 21.5 Å². The van der Waals surface area contributed by atoms with E-state index in [9.17, 15) is 4.39 Å². The predicted molar refractivity (Wildman–Crippen MR) is 84.0 cm³/mol. The van der Waals surface area contributed by atoms with Crippen LogP contribution in [0.4, 0.5) is 4.39 Å². The molecular formula is C14H21FN2S2. The standard InChI is InChI=1S/C14H21FN2S2/c1-8-4-5-11(15)6-12(8)14(17-16)13-7-18-9(2)10(3)19-13/h4-6,9-10,13-14,17H,7,16H2,1-3H3. The van der Waals surface area contributed by atoms with Gasteiger partial charge in [-0.1, -0.05) is 19.9 Å². The molecule has 5 heteroatoms. The molecule has 1 aliphatic heterocycles. The molecule has 0 aromatic heterocycles. The van der Waals surface area contributed by atoms with E-state index in [-0.39, 0.29) is 11.9 Å². The Labute approximate surface area is 123 Å². The van der Waals surface area contributed by atoms with Crippen molar-refractivity contribution in [2.45, 2.75) is 42.6 Å². The van der Waals surface area contributed by atoms with Gasteiger partial charge >= 0.3 is 0 Å². The summed E-state index contributed by atoms with van der Waals surface area (Å²) < 4.78 is 13.5. The van der Waals surface area contributed by atoms with Crippen LogP contribution in [-0.2, 0) is 0 Å². The normalized spacial score (nSPS) is 29.2. The first kappa shape index (κ1) is 15.2. The third-order valence-electron chi connectivity index (χ3n) is 3.70. The molecule has 0 bridgehead atoms. The van der Waals surface area contributed by atoms with E-state index in [0.29, 0.717) is 15.7 Å². The van der Waals surface area contributed by atoms with E-state index in [1.807, 2.05) is 36.5 Å². The lowest BCUT2D eigenvalue weighted by atomic mass is 9.99. The molecular weight excluding hydrogens is 279 g/mol. The number of hydrogen-bond acceptors (Lipinski definition) is 4. The fourth-order valence-electron chi connectivity index (χ4n) is 2.33. The summed E-state index contributed by atoms with van der Waals surface area (Å²) in [6, 6.07) is 4.93. The van der Waals surface area contributed by atoms with Crippen molar-refractivity contribution in [3.05, 3.63) is 35.1 Å². The second kappa shape index (κ2) is 6.48. The molecule has 0 saturated carbocycles. The average Bonchev–Trinajstić information content (AvgIpc) is 2.38. The Morgan fingerprint density at radius 2 is 2.11 bits per heavy atom. The van der Waals surface area contributed by atoms with E-state index < -0.39 is 0 Å². The molecule has 2 nitrogen and oxygen atoms in total. The Bertz CT molecular complexity index is 441. The summed E-state index contributed by atoms with van der Waals surface area (Å²) in [5.41, 5.74) is 4.95. The molecule has 1 aromatic carbocycles. The van der Waals surface area contributed by atoms with E-state index in [0.717, 1.165) is 16.9 Å². The van der Waals surface area contributed by atoms with Gasteiger partial charge in [0.2, 0.25) is 0 Å². The van der Waals surface area contributed by atoms with Gasteiger partial charge in [-0.05, 0) is 30.2 Å². The SMILES string of the molecule is Cc1ccc(F)cc1C(NN)C1CSC(C)C(C)S1. The van der Waals surface area contributed by atoms with Crippen LogP contribution in [0.2, 0.25) is 0 Å². The van der Waals surface area contributed by atoms with Gasteiger partial charge in [-0.2, -0.15) is 23.5 Å². The molecule has 0 amide bonds. The molecule has 1 aliphatic rings. The van der Waals surface area contributed by atoms with Crippen LogP contribution in [0.25, 0.3) is 0 Å². The lowest BCUT2D eigenvalue weighted by Crippen LogP contribution is -2.40. The molecule has 2 rings (SSSR count). The third-order valence-corrected chi connectivity index (χ3v) is 7.20. The molecule has 0 radical (unpaired) electrons. The lowest BCUT2D eigenvalue weighted by Gasteiger charge is -2.36. The Kier molecular flexibility index (Phi) is 5.17. The van der Waals surface area contributed by atoms with Crippen molar-refractivity contribution in [3.63, 3.8) is 0 Å². The molecule has 0 aliphatic carbocycles.